The van der Waals surface area contributed by atoms with Gasteiger partial charge < -0.3 is 9.84 Å². The molecule has 2 rings (SSSR count). The third kappa shape index (κ3) is 3.24. The van der Waals surface area contributed by atoms with Crippen molar-refractivity contribution in [2.24, 2.45) is 0 Å². The molecule has 1 N–H and O–H groups in total. The maximum Gasteiger partial charge on any atom is 0.341 e. The summed E-state index contributed by atoms with van der Waals surface area (Å²) in [5.41, 5.74) is 2.12. The zero-order chi connectivity index (χ0) is 15.2. The van der Waals surface area contributed by atoms with E-state index < -0.39 is 5.97 Å². The smallest absolute Gasteiger partial charge is 0.341 e. The number of para-hydroxylation sites is 1. The fourth-order valence-electron chi connectivity index (χ4n) is 2.59. The van der Waals surface area contributed by atoms with Crippen LogP contribution in [0.25, 0.3) is 0 Å². The van der Waals surface area contributed by atoms with Gasteiger partial charge in [0.2, 0.25) is 0 Å². The first-order valence-electron chi connectivity index (χ1n) is 7.14. The first-order chi connectivity index (χ1) is 10.2. The molecule has 1 atom stereocenters. The summed E-state index contributed by atoms with van der Waals surface area (Å²) in [5.74, 6) is -0.426. The van der Waals surface area contributed by atoms with Crippen LogP contribution in [0, 0.1) is 0 Å². The van der Waals surface area contributed by atoms with Crippen molar-refractivity contribution in [2.75, 3.05) is 7.11 Å². The van der Waals surface area contributed by atoms with Crippen molar-refractivity contribution in [3.63, 3.8) is 0 Å². The maximum absolute atomic E-state index is 11.7. The van der Waals surface area contributed by atoms with Crippen LogP contribution in [0.4, 0.5) is 0 Å². The van der Waals surface area contributed by atoms with Crippen molar-refractivity contribution in [1.29, 1.82) is 0 Å². The van der Waals surface area contributed by atoms with Gasteiger partial charge in [-0.15, -0.1) is 0 Å². The number of carbonyl (C=O) groups excluding carboxylic acids is 1. The van der Waals surface area contributed by atoms with E-state index in [0.29, 0.717) is 0 Å². The van der Waals surface area contributed by atoms with E-state index >= 15 is 0 Å². The highest BCUT2D eigenvalue weighted by Gasteiger charge is 2.21. The quantitative estimate of drug-likeness (QED) is 0.840. The Hall–Kier alpha value is -2.29. The lowest BCUT2D eigenvalue weighted by Gasteiger charge is -2.19. The second-order valence-corrected chi connectivity index (χ2v) is 4.99. The Morgan fingerprint density at radius 3 is 2.48 bits per heavy atom. The first kappa shape index (κ1) is 15.1. The fraction of sp³-hybridized carbons (Fsp3) is 0.278. The van der Waals surface area contributed by atoms with Crippen molar-refractivity contribution in [1.82, 2.24) is 0 Å². The van der Waals surface area contributed by atoms with Crippen LogP contribution in [0.15, 0.2) is 48.5 Å². The van der Waals surface area contributed by atoms with E-state index in [9.17, 15) is 9.90 Å². The van der Waals surface area contributed by atoms with Crippen LogP contribution in [-0.2, 0) is 4.74 Å². The van der Waals surface area contributed by atoms with Crippen LogP contribution in [0.5, 0.6) is 5.75 Å². The van der Waals surface area contributed by atoms with Crippen molar-refractivity contribution in [2.45, 2.75) is 25.7 Å². The van der Waals surface area contributed by atoms with Crippen LogP contribution in [-0.4, -0.2) is 18.2 Å². The number of rotatable bonds is 5. The van der Waals surface area contributed by atoms with Gasteiger partial charge in [-0.25, -0.2) is 4.79 Å². The van der Waals surface area contributed by atoms with Gasteiger partial charge >= 0.3 is 5.97 Å². The van der Waals surface area contributed by atoms with Crippen LogP contribution in [0.2, 0.25) is 0 Å². The molecule has 0 saturated heterocycles. The zero-order valence-electron chi connectivity index (χ0n) is 12.4. The normalized spacial score (nSPS) is 11.9. The van der Waals surface area contributed by atoms with E-state index in [4.69, 9.17) is 4.74 Å². The second-order valence-electron chi connectivity index (χ2n) is 4.99. The van der Waals surface area contributed by atoms with Crippen molar-refractivity contribution in [3.05, 3.63) is 65.2 Å². The van der Waals surface area contributed by atoms with Gasteiger partial charge in [0, 0.05) is 11.5 Å². The number of carbonyl (C=O) groups is 1. The van der Waals surface area contributed by atoms with Gasteiger partial charge in [0.25, 0.3) is 0 Å². The minimum Gasteiger partial charge on any atom is -0.507 e. The molecule has 110 valence electrons. The maximum atomic E-state index is 11.7. The second kappa shape index (κ2) is 6.93. The van der Waals surface area contributed by atoms with Gasteiger partial charge in [-0.2, -0.15) is 0 Å². The molecule has 0 aliphatic carbocycles. The molecule has 3 heteroatoms. The van der Waals surface area contributed by atoms with Gasteiger partial charge in [-0.05, 0) is 18.1 Å². The molecule has 0 amide bonds. The molecule has 0 bridgehead atoms. The highest BCUT2D eigenvalue weighted by Crippen LogP contribution is 2.36. The van der Waals surface area contributed by atoms with E-state index in [-0.39, 0.29) is 17.2 Å². The number of phenolic OH excluding ortho intramolecular Hbond substituents is 1. The number of aromatic hydroxyl groups is 1. The number of phenols is 1. The molecule has 2 aromatic carbocycles. The number of esters is 1. The first-order valence-corrected chi connectivity index (χ1v) is 7.14. The van der Waals surface area contributed by atoms with E-state index in [1.165, 1.54) is 7.11 Å². The highest BCUT2D eigenvalue weighted by atomic mass is 16.5. The van der Waals surface area contributed by atoms with Gasteiger partial charge in [0.1, 0.15) is 11.3 Å². The average Bonchev–Trinajstić information content (AvgIpc) is 2.53. The average molecular weight is 284 g/mol. The number of benzene rings is 2. The molecule has 0 heterocycles. The summed E-state index contributed by atoms with van der Waals surface area (Å²) in [6.07, 6.45) is 1.89. The standard InChI is InChI=1S/C18H20O3/c1-3-8-14(13-9-5-4-6-10-13)15-11-7-12-16(17(15)19)18(20)21-2/h4-7,9-12,14,19H,3,8H2,1-2H3. The third-order valence-electron chi connectivity index (χ3n) is 3.63. The molecule has 21 heavy (non-hydrogen) atoms. The molecule has 0 radical (unpaired) electrons. The Balaban J connectivity index is 2.49. The molecule has 2 aromatic rings. The predicted octanol–water partition coefficient (Wildman–Crippen LogP) is 4.11. The Bertz CT molecular complexity index is 605. The minimum atomic E-state index is -0.516. The Morgan fingerprint density at radius 2 is 1.86 bits per heavy atom. The minimum absolute atomic E-state index is 0.0200. The summed E-state index contributed by atoms with van der Waals surface area (Å²) >= 11 is 0. The molecule has 0 aliphatic heterocycles. The zero-order valence-corrected chi connectivity index (χ0v) is 12.4. The molecule has 0 spiro atoms. The summed E-state index contributed by atoms with van der Waals surface area (Å²) in [5, 5.41) is 10.4. The number of hydrogen-bond donors (Lipinski definition) is 1. The molecule has 0 saturated carbocycles. The van der Waals surface area contributed by atoms with E-state index in [1.54, 1.807) is 12.1 Å². The summed E-state index contributed by atoms with van der Waals surface area (Å²) < 4.78 is 4.72. The number of ether oxygens (including phenoxy) is 1. The fourth-order valence-corrected chi connectivity index (χ4v) is 2.59. The topological polar surface area (TPSA) is 46.5 Å². The van der Waals surface area contributed by atoms with Crippen molar-refractivity contribution in [3.8, 4) is 5.75 Å². The monoisotopic (exact) mass is 284 g/mol. The summed E-state index contributed by atoms with van der Waals surface area (Å²) in [7, 11) is 1.31. The molecular formula is C18H20O3. The summed E-state index contributed by atoms with van der Waals surface area (Å²) in [6.45, 7) is 2.11. The van der Waals surface area contributed by atoms with E-state index in [2.05, 4.69) is 6.92 Å². The Morgan fingerprint density at radius 1 is 1.14 bits per heavy atom. The molecule has 0 aromatic heterocycles. The van der Waals surface area contributed by atoms with Gasteiger partial charge in [-0.3, -0.25) is 0 Å². The van der Waals surface area contributed by atoms with Crippen LogP contribution >= 0.6 is 0 Å². The molecule has 1 unspecified atom stereocenters. The lowest BCUT2D eigenvalue weighted by molar-refractivity contribution is 0.0597. The van der Waals surface area contributed by atoms with Gasteiger partial charge in [-0.1, -0.05) is 55.8 Å². The Kier molecular flexibility index (Phi) is 4.99. The number of methoxy groups -OCH3 is 1. The van der Waals surface area contributed by atoms with Crippen LogP contribution < -0.4 is 0 Å². The Labute approximate surface area is 125 Å². The van der Waals surface area contributed by atoms with E-state index in [0.717, 1.165) is 24.0 Å². The molecule has 3 nitrogen and oxygen atoms in total. The highest BCUT2D eigenvalue weighted by molar-refractivity contribution is 5.92. The largest absolute Gasteiger partial charge is 0.507 e. The predicted molar refractivity (Wildman–Crippen MR) is 82.6 cm³/mol. The molecular weight excluding hydrogens is 264 g/mol. The van der Waals surface area contributed by atoms with Crippen LogP contribution in [0.3, 0.4) is 0 Å². The lowest BCUT2D eigenvalue weighted by atomic mass is 9.86. The van der Waals surface area contributed by atoms with Gasteiger partial charge in [0.15, 0.2) is 0 Å². The molecule has 0 fully saturated rings. The summed E-state index contributed by atoms with van der Waals surface area (Å²) in [6, 6.07) is 15.3. The lowest BCUT2D eigenvalue weighted by Crippen LogP contribution is -2.06. The molecule has 0 aliphatic rings. The van der Waals surface area contributed by atoms with E-state index in [1.807, 2.05) is 36.4 Å². The van der Waals surface area contributed by atoms with Crippen molar-refractivity contribution >= 4 is 5.97 Å². The number of hydrogen-bond acceptors (Lipinski definition) is 3. The van der Waals surface area contributed by atoms with Crippen molar-refractivity contribution < 1.29 is 14.6 Å². The SMILES string of the molecule is CCCC(c1ccccc1)c1cccc(C(=O)OC)c1O. The van der Waals surface area contributed by atoms with Gasteiger partial charge in [0.05, 0.1) is 7.11 Å². The van der Waals surface area contributed by atoms with Crippen LogP contribution in [0.1, 0.15) is 47.2 Å². The summed E-state index contributed by atoms with van der Waals surface area (Å²) in [4.78, 5) is 11.7. The third-order valence-corrected chi connectivity index (χ3v) is 3.63.